The third-order valence-corrected chi connectivity index (χ3v) is 4.15. The lowest BCUT2D eigenvalue weighted by Crippen LogP contribution is -2.33. The average molecular weight is 410 g/mol. The van der Waals surface area contributed by atoms with Crippen LogP contribution >= 0.6 is 0 Å². The van der Waals surface area contributed by atoms with Crippen molar-refractivity contribution in [2.75, 3.05) is 6.54 Å². The van der Waals surface area contributed by atoms with Crippen LogP contribution < -0.4 is 5.73 Å². The molecule has 1 saturated heterocycles. The first-order chi connectivity index (χ1) is 13.6. The topological polar surface area (TPSA) is 85.0 Å². The van der Waals surface area contributed by atoms with Gasteiger partial charge in [0.2, 0.25) is 5.91 Å². The van der Waals surface area contributed by atoms with Gasteiger partial charge in [-0.25, -0.2) is 4.99 Å². The van der Waals surface area contributed by atoms with Crippen LogP contribution in [0.1, 0.15) is 81.1 Å². The fourth-order valence-electron chi connectivity index (χ4n) is 2.59. The van der Waals surface area contributed by atoms with Crippen LogP contribution in [-0.4, -0.2) is 35.6 Å². The quantitative estimate of drug-likeness (QED) is 0.391. The van der Waals surface area contributed by atoms with Crippen molar-refractivity contribution >= 4 is 18.6 Å². The number of nitrogens with zero attached hydrogens (tertiary/aromatic N) is 2. The molecule has 0 aromatic carbocycles. The molecule has 1 heterocycles. The van der Waals surface area contributed by atoms with Crippen LogP contribution in [0.4, 0.5) is 0 Å². The van der Waals surface area contributed by atoms with Gasteiger partial charge in [0.1, 0.15) is 11.4 Å². The summed E-state index contributed by atoms with van der Waals surface area (Å²) in [6, 6.07) is 0. The summed E-state index contributed by atoms with van der Waals surface area (Å²) in [6.45, 7) is 16.9. The molecule has 1 aliphatic heterocycles. The van der Waals surface area contributed by atoms with Gasteiger partial charge in [-0.15, -0.1) is 0 Å². The van der Waals surface area contributed by atoms with Crippen molar-refractivity contribution in [2.24, 2.45) is 22.6 Å². The van der Waals surface area contributed by atoms with Crippen molar-refractivity contribution in [1.29, 1.82) is 0 Å². The molecular weight excluding hydrogens is 366 g/mol. The average Bonchev–Trinajstić information content (AvgIpc) is 2.64. The lowest BCUT2D eigenvalue weighted by molar-refractivity contribution is -0.138. The number of allylic oxidation sites excluding steroid dienone is 2. The van der Waals surface area contributed by atoms with Crippen LogP contribution in [0.2, 0.25) is 0 Å². The smallest absolute Gasteiger partial charge is 0.293 e. The number of nitrogens with two attached hydrogens (primary N) is 1. The summed E-state index contributed by atoms with van der Waals surface area (Å²) in [5.74, 6) is 1.72. The molecule has 1 aliphatic rings. The van der Waals surface area contributed by atoms with Crippen molar-refractivity contribution in [1.82, 2.24) is 4.90 Å². The second-order valence-electron chi connectivity index (χ2n) is 7.85. The SMILES string of the molecule is CC.CC(C)(C)OC=O.C\C=N/C(N)=C\C=C\N1CC(C)CCC(CC)CC1=O. The molecule has 0 saturated carbocycles. The van der Waals surface area contributed by atoms with E-state index < -0.39 is 0 Å². The minimum atomic E-state index is -0.318. The number of hydrogen-bond donors (Lipinski definition) is 1. The van der Waals surface area contributed by atoms with Crippen LogP contribution in [0.3, 0.4) is 0 Å². The molecule has 2 atom stereocenters. The molecule has 29 heavy (non-hydrogen) atoms. The number of likely N-dealkylation sites (tertiary alicyclic amines) is 1. The second kappa shape index (κ2) is 16.8. The first kappa shape index (κ1) is 29.1. The number of aliphatic imine (C=N–C) groups is 1. The second-order valence-corrected chi connectivity index (χ2v) is 7.85. The monoisotopic (exact) mass is 409 g/mol. The summed E-state index contributed by atoms with van der Waals surface area (Å²) in [7, 11) is 0. The summed E-state index contributed by atoms with van der Waals surface area (Å²) >= 11 is 0. The molecule has 6 heteroatoms. The van der Waals surface area contributed by atoms with Crippen LogP contribution in [0, 0.1) is 11.8 Å². The van der Waals surface area contributed by atoms with Crippen LogP contribution in [0.5, 0.6) is 0 Å². The van der Waals surface area contributed by atoms with Crippen molar-refractivity contribution in [3.05, 3.63) is 24.2 Å². The van der Waals surface area contributed by atoms with Crippen LogP contribution in [0.25, 0.3) is 0 Å². The fourth-order valence-corrected chi connectivity index (χ4v) is 2.59. The van der Waals surface area contributed by atoms with Crippen molar-refractivity contribution < 1.29 is 14.3 Å². The highest BCUT2D eigenvalue weighted by molar-refractivity contribution is 5.77. The summed E-state index contributed by atoms with van der Waals surface area (Å²) in [6.07, 6.45) is 11.1. The van der Waals surface area contributed by atoms with Gasteiger partial charge in [-0.1, -0.05) is 34.1 Å². The van der Waals surface area contributed by atoms with Crippen LogP contribution in [0.15, 0.2) is 29.2 Å². The molecule has 2 N–H and O–H groups in total. The Morgan fingerprint density at radius 3 is 2.38 bits per heavy atom. The first-order valence-corrected chi connectivity index (χ1v) is 10.7. The minimum Gasteiger partial charge on any atom is -0.462 e. The number of amides is 1. The highest BCUT2D eigenvalue weighted by Gasteiger charge is 2.22. The molecule has 0 aromatic heterocycles. The third-order valence-electron chi connectivity index (χ3n) is 4.15. The number of carbonyl (C=O) groups excluding carboxylic acids is 2. The van der Waals surface area contributed by atoms with Gasteiger partial charge < -0.3 is 15.4 Å². The molecule has 1 rings (SSSR count). The zero-order valence-corrected chi connectivity index (χ0v) is 19.8. The molecule has 0 aliphatic carbocycles. The lowest BCUT2D eigenvalue weighted by atomic mass is 9.89. The molecule has 0 aromatic rings. The van der Waals surface area contributed by atoms with Gasteiger partial charge in [0, 0.05) is 25.4 Å². The number of ether oxygens (including phenoxy) is 1. The van der Waals surface area contributed by atoms with Crippen molar-refractivity contribution in [3.8, 4) is 0 Å². The van der Waals surface area contributed by atoms with E-state index in [2.05, 4.69) is 23.6 Å². The Morgan fingerprint density at radius 1 is 1.31 bits per heavy atom. The first-order valence-electron chi connectivity index (χ1n) is 10.7. The number of hydrogen-bond acceptors (Lipinski definition) is 5. The standard InChI is InChI=1S/C16H27N3O.C5H10O2.C2H6/c1-4-14-9-8-13(3)12-19(16(20)11-14)10-6-7-15(17)18-5-2;1-5(2,3)7-4-6;1-2/h5-7,10,13-14H,4,8-9,11-12,17H2,1-3H3;4H,1-3H3;1-2H3/b10-6+,15-7-,18-5-;;. The highest BCUT2D eigenvalue weighted by atomic mass is 16.5. The van der Waals surface area contributed by atoms with E-state index in [1.54, 1.807) is 18.4 Å². The van der Waals surface area contributed by atoms with E-state index in [4.69, 9.17) is 5.73 Å². The Kier molecular flexibility index (Phi) is 16.9. The molecule has 168 valence electrons. The summed E-state index contributed by atoms with van der Waals surface area (Å²) in [5, 5.41) is 0. The van der Waals surface area contributed by atoms with E-state index in [1.165, 1.54) is 12.8 Å². The molecule has 2 unspecified atom stereocenters. The predicted molar refractivity (Wildman–Crippen MR) is 122 cm³/mol. The molecule has 1 amide bonds. The molecule has 0 spiro atoms. The van der Waals surface area contributed by atoms with Gasteiger partial charge in [-0.05, 0) is 64.5 Å². The molecule has 6 nitrogen and oxygen atoms in total. The Hall–Kier alpha value is -2.11. The van der Waals surface area contributed by atoms with Gasteiger partial charge in [0.05, 0.1) is 0 Å². The van der Waals surface area contributed by atoms with Crippen molar-refractivity contribution in [3.63, 3.8) is 0 Å². The maximum Gasteiger partial charge on any atom is 0.293 e. The van der Waals surface area contributed by atoms with Crippen LogP contribution in [-0.2, 0) is 14.3 Å². The van der Waals surface area contributed by atoms with E-state index in [1.807, 2.05) is 52.6 Å². The van der Waals surface area contributed by atoms with Crippen molar-refractivity contribution in [2.45, 2.75) is 86.7 Å². The molecular formula is C23H43N3O3. The predicted octanol–water partition coefficient (Wildman–Crippen LogP) is 5.05. The summed E-state index contributed by atoms with van der Waals surface area (Å²) in [5.41, 5.74) is 5.35. The third kappa shape index (κ3) is 16.5. The Labute approximate surface area is 178 Å². The number of rotatable bonds is 5. The van der Waals surface area contributed by atoms with E-state index in [0.29, 0.717) is 30.5 Å². The normalized spacial score (nSPS) is 20.9. The summed E-state index contributed by atoms with van der Waals surface area (Å²) in [4.78, 5) is 27.7. The molecule has 1 fully saturated rings. The van der Waals surface area contributed by atoms with Gasteiger partial charge in [-0.3, -0.25) is 9.59 Å². The van der Waals surface area contributed by atoms with Gasteiger partial charge in [-0.2, -0.15) is 0 Å². The van der Waals surface area contributed by atoms with E-state index in [0.717, 1.165) is 13.0 Å². The van der Waals surface area contributed by atoms with E-state index >= 15 is 0 Å². The number of carbonyl (C=O) groups is 2. The highest BCUT2D eigenvalue weighted by Crippen LogP contribution is 2.24. The minimum absolute atomic E-state index is 0.214. The zero-order valence-electron chi connectivity index (χ0n) is 19.8. The largest absolute Gasteiger partial charge is 0.462 e. The van der Waals surface area contributed by atoms with Gasteiger partial charge in [0.15, 0.2) is 0 Å². The maximum absolute atomic E-state index is 12.3. The van der Waals surface area contributed by atoms with E-state index in [9.17, 15) is 9.59 Å². The Morgan fingerprint density at radius 2 is 1.93 bits per heavy atom. The molecule has 0 bridgehead atoms. The van der Waals surface area contributed by atoms with Gasteiger partial charge in [0.25, 0.3) is 6.47 Å². The van der Waals surface area contributed by atoms with Gasteiger partial charge >= 0.3 is 0 Å². The summed E-state index contributed by atoms with van der Waals surface area (Å²) < 4.78 is 4.55. The van der Waals surface area contributed by atoms with E-state index in [-0.39, 0.29) is 11.5 Å². The lowest BCUT2D eigenvalue weighted by Gasteiger charge is -2.28. The Bertz CT molecular complexity index is 534. The fraction of sp³-hybridized carbons (Fsp3) is 0.696. The maximum atomic E-state index is 12.3. The Balaban J connectivity index is 0. The molecule has 0 radical (unpaired) electrons. The zero-order chi connectivity index (χ0) is 22.9.